The third-order valence-electron chi connectivity index (χ3n) is 3.57. The number of rotatable bonds is 4. The molecule has 0 aliphatic rings. The van der Waals surface area contributed by atoms with Crippen LogP contribution in [0.15, 0.2) is 41.2 Å². The molecule has 0 saturated carbocycles. The summed E-state index contributed by atoms with van der Waals surface area (Å²) in [5.41, 5.74) is 3.07. The highest BCUT2D eigenvalue weighted by molar-refractivity contribution is 5.60. The zero-order valence-electron chi connectivity index (χ0n) is 12.8. The molecule has 0 spiro atoms. The van der Waals surface area contributed by atoms with Crippen LogP contribution in [-0.4, -0.2) is 4.57 Å². The van der Waals surface area contributed by atoms with Crippen LogP contribution in [0.1, 0.15) is 31.4 Å². The average Bonchev–Trinajstić information content (AvgIpc) is 2.46. The highest BCUT2D eigenvalue weighted by Gasteiger charge is 2.10. The smallest absolute Gasteiger partial charge is 0.268 e. The Morgan fingerprint density at radius 3 is 2.38 bits per heavy atom. The molecule has 0 atom stereocenters. The first-order valence-corrected chi connectivity index (χ1v) is 7.24. The predicted molar refractivity (Wildman–Crippen MR) is 85.0 cm³/mol. The summed E-state index contributed by atoms with van der Waals surface area (Å²) >= 11 is 0. The number of aromatic nitrogens is 1. The minimum absolute atomic E-state index is 0.198. The standard InChI is InChI=1S/C18H20N2O/c1-13(2)10-11-20-17(9-8-16(12-19)18(20)21)15-6-4-14(3)5-7-15/h4-9,13H,10-11H2,1-3H3. The summed E-state index contributed by atoms with van der Waals surface area (Å²) in [6.07, 6.45) is 0.910. The van der Waals surface area contributed by atoms with E-state index in [-0.39, 0.29) is 11.1 Å². The molecule has 0 aliphatic carbocycles. The second-order valence-corrected chi connectivity index (χ2v) is 5.75. The first-order chi connectivity index (χ1) is 10.0. The number of hydrogen-bond donors (Lipinski definition) is 0. The van der Waals surface area contributed by atoms with Crippen LogP contribution >= 0.6 is 0 Å². The fraction of sp³-hybridized carbons (Fsp3) is 0.333. The van der Waals surface area contributed by atoms with Crippen molar-refractivity contribution in [3.05, 3.63) is 57.9 Å². The molecule has 1 aromatic heterocycles. The monoisotopic (exact) mass is 280 g/mol. The normalized spacial score (nSPS) is 10.6. The van der Waals surface area contributed by atoms with Gasteiger partial charge in [0.05, 0.1) is 5.69 Å². The summed E-state index contributed by atoms with van der Waals surface area (Å²) in [7, 11) is 0. The van der Waals surface area contributed by atoms with Gasteiger partial charge in [0.1, 0.15) is 11.6 Å². The van der Waals surface area contributed by atoms with Crippen molar-refractivity contribution in [3.8, 4) is 17.3 Å². The quantitative estimate of drug-likeness (QED) is 0.856. The van der Waals surface area contributed by atoms with Crippen molar-refractivity contribution < 1.29 is 0 Å². The molecule has 0 bridgehead atoms. The van der Waals surface area contributed by atoms with Gasteiger partial charge in [0, 0.05) is 6.54 Å². The number of nitriles is 1. The largest absolute Gasteiger partial charge is 0.307 e. The van der Waals surface area contributed by atoms with E-state index in [1.165, 1.54) is 5.56 Å². The van der Waals surface area contributed by atoms with E-state index in [1.807, 2.05) is 43.3 Å². The van der Waals surface area contributed by atoms with Crippen LogP contribution in [0.2, 0.25) is 0 Å². The molecule has 2 rings (SSSR count). The van der Waals surface area contributed by atoms with Crippen molar-refractivity contribution >= 4 is 0 Å². The first kappa shape index (κ1) is 15.1. The van der Waals surface area contributed by atoms with Gasteiger partial charge < -0.3 is 4.57 Å². The van der Waals surface area contributed by atoms with Crippen molar-refractivity contribution in [1.29, 1.82) is 5.26 Å². The second-order valence-electron chi connectivity index (χ2n) is 5.75. The zero-order valence-corrected chi connectivity index (χ0v) is 12.8. The Labute approximate surface area is 125 Å². The summed E-state index contributed by atoms with van der Waals surface area (Å²) in [6.45, 7) is 6.93. The van der Waals surface area contributed by atoms with E-state index in [9.17, 15) is 4.79 Å². The van der Waals surface area contributed by atoms with E-state index in [4.69, 9.17) is 5.26 Å². The van der Waals surface area contributed by atoms with E-state index in [0.717, 1.165) is 17.7 Å². The van der Waals surface area contributed by atoms with Gasteiger partial charge in [-0.05, 0) is 37.0 Å². The van der Waals surface area contributed by atoms with Gasteiger partial charge in [-0.2, -0.15) is 5.26 Å². The van der Waals surface area contributed by atoms with Gasteiger partial charge in [0.2, 0.25) is 0 Å². The van der Waals surface area contributed by atoms with E-state index in [1.54, 1.807) is 10.6 Å². The van der Waals surface area contributed by atoms with Gasteiger partial charge in [0.25, 0.3) is 5.56 Å². The zero-order chi connectivity index (χ0) is 15.4. The Kier molecular flexibility index (Phi) is 4.59. The van der Waals surface area contributed by atoms with E-state index >= 15 is 0 Å². The molecule has 0 amide bonds. The molecule has 3 nitrogen and oxygen atoms in total. The van der Waals surface area contributed by atoms with Crippen LogP contribution in [0.4, 0.5) is 0 Å². The molecule has 0 fully saturated rings. The number of benzene rings is 1. The summed E-state index contributed by atoms with van der Waals surface area (Å²) in [4.78, 5) is 12.4. The number of nitrogens with zero attached hydrogens (tertiary/aromatic N) is 2. The predicted octanol–water partition coefficient (Wildman–Crippen LogP) is 3.74. The minimum Gasteiger partial charge on any atom is -0.307 e. The molecular formula is C18H20N2O. The lowest BCUT2D eigenvalue weighted by Crippen LogP contribution is -2.24. The van der Waals surface area contributed by atoms with Gasteiger partial charge in [-0.1, -0.05) is 43.7 Å². The van der Waals surface area contributed by atoms with Crippen LogP contribution in [0.25, 0.3) is 11.3 Å². The van der Waals surface area contributed by atoms with Crippen LogP contribution < -0.4 is 5.56 Å². The fourth-order valence-electron chi connectivity index (χ4n) is 2.25. The van der Waals surface area contributed by atoms with Gasteiger partial charge in [0.15, 0.2) is 0 Å². The van der Waals surface area contributed by atoms with Crippen molar-refractivity contribution in [2.24, 2.45) is 5.92 Å². The molecule has 3 heteroatoms. The lowest BCUT2D eigenvalue weighted by atomic mass is 10.1. The molecule has 0 saturated heterocycles. The third-order valence-corrected chi connectivity index (χ3v) is 3.57. The minimum atomic E-state index is -0.198. The third kappa shape index (κ3) is 3.41. The number of pyridine rings is 1. The fourth-order valence-corrected chi connectivity index (χ4v) is 2.25. The van der Waals surface area contributed by atoms with E-state index in [0.29, 0.717) is 12.5 Å². The first-order valence-electron chi connectivity index (χ1n) is 7.24. The van der Waals surface area contributed by atoms with Crippen LogP contribution in [0, 0.1) is 24.2 Å². The van der Waals surface area contributed by atoms with Gasteiger partial charge in [-0.15, -0.1) is 0 Å². The van der Waals surface area contributed by atoms with Gasteiger partial charge in [-0.3, -0.25) is 4.79 Å². The summed E-state index contributed by atoms with van der Waals surface area (Å²) < 4.78 is 1.73. The lowest BCUT2D eigenvalue weighted by molar-refractivity contribution is 0.510. The van der Waals surface area contributed by atoms with E-state index < -0.39 is 0 Å². The maximum absolute atomic E-state index is 12.4. The van der Waals surface area contributed by atoms with Crippen molar-refractivity contribution in [3.63, 3.8) is 0 Å². The molecule has 1 heterocycles. The van der Waals surface area contributed by atoms with Crippen LogP contribution in [-0.2, 0) is 6.54 Å². The second kappa shape index (κ2) is 6.41. The van der Waals surface area contributed by atoms with Gasteiger partial charge >= 0.3 is 0 Å². The van der Waals surface area contributed by atoms with Crippen LogP contribution in [0.3, 0.4) is 0 Å². The van der Waals surface area contributed by atoms with Crippen LogP contribution in [0.5, 0.6) is 0 Å². The molecule has 0 unspecified atom stereocenters. The molecule has 1 aromatic carbocycles. The molecule has 21 heavy (non-hydrogen) atoms. The highest BCUT2D eigenvalue weighted by Crippen LogP contribution is 2.20. The SMILES string of the molecule is Cc1ccc(-c2ccc(C#N)c(=O)n2CCC(C)C)cc1. The molecule has 2 aromatic rings. The van der Waals surface area contributed by atoms with Crippen molar-refractivity contribution in [2.75, 3.05) is 0 Å². The average molecular weight is 280 g/mol. The summed E-state index contributed by atoms with van der Waals surface area (Å²) in [6, 6.07) is 13.6. The lowest BCUT2D eigenvalue weighted by Gasteiger charge is -2.15. The molecule has 108 valence electrons. The topological polar surface area (TPSA) is 45.8 Å². The maximum Gasteiger partial charge on any atom is 0.268 e. The number of hydrogen-bond acceptors (Lipinski definition) is 2. The Morgan fingerprint density at radius 2 is 1.81 bits per heavy atom. The van der Waals surface area contributed by atoms with Crippen molar-refractivity contribution in [2.45, 2.75) is 33.7 Å². The Hall–Kier alpha value is -2.34. The Morgan fingerprint density at radius 1 is 1.14 bits per heavy atom. The Balaban J connectivity index is 2.54. The highest BCUT2D eigenvalue weighted by atomic mass is 16.1. The molecule has 0 N–H and O–H groups in total. The van der Waals surface area contributed by atoms with Gasteiger partial charge in [-0.25, -0.2) is 0 Å². The molecule has 0 radical (unpaired) electrons. The molecular weight excluding hydrogens is 260 g/mol. The molecule has 0 aliphatic heterocycles. The summed E-state index contributed by atoms with van der Waals surface area (Å²) in [5, 5.41) is 9.05. The van der Waals surface area contributed by atoms with E-state index in [2.05, 4.69) is 13.8 Å². The maximum atomic E-state index is 12.4. The number of aryl methyl sites for hydroxylation is 1. The van der Waals surface area contributed by atoms with Crippen molar-refractivity contribution in [1.82, 2.24) is 4.57 Å². The Bertz CT molecular complexity index is 718. The summed E-state index contributed by atoms with van der Waals surface area (Å²) in [5.74, 6) is 0.508.